The van der Waals surface area contributed by atoms with Gasteiger partial charge >= 0.3 is 0 Å². The van der Waals surface area contributed by atoms with Crippen LogP contribution in [-0.2, 0) is 0 Å². The number of hydrogen-bond donors (Lipinski definition) is 2. The lowest BCUT2D eigenvalue weighted by molar-refractivity contribution is 0.102. The molecule has 2 aromatic carbocycles. The van der Waals surface area contributed by atoms with Crippen LogP contribution in [0.2, 0.25) is 0 Å². The van der Waals surface area contributed by atoms with Gasteiger partial charge in [-0.05, 0) is 42.7 Å². The maximum atomic E-state index is 12.8. The number of carbonyl (C=O) groups excluding carboxylic acids is 1. The molecule has 1 amide bonds. The molecule has 0 saturated heterocycles. The van der Waals surface area contributed by atoms with Crippen LogP contribution in [0.15, 0.2) is 36.4 Å². The maximum absolute atomic E-state index is 12.8. The van der Waals surface area contributed by atoms with Gasteiger partial charge in [0.05, 0.1) is 22.4 Å². The molecule has 1 aliphatic carbocycles. The van der Waals surface area contributed by atoms with E-state index >= 15 is 0 Å². The molecule has 0 radical (unpaired) electrons. The fourth-order valence-corrected chi connectivity index (χ4v) is 4.17. The molecule has 1 heterocycles. The Morgan fingerprint density at radius 1 is 1.17 bits per heavy atom. The van der Waals surface area contributed by atoms with Crippen LogP contribution in [0.25, 0.3) is 11.0 Å². The van der Waals surface area contributed by atoms with Crippen LogP contribution in [0, 0.1) is 0 Å². The van der Waals surface area contributed by atoms with Crippen molar-refractivity contribution in [1.29, 1.82) is 0 Å². The van der Waals surface area contributed by atoms with Crippen LogP contribution in [0.1, 0.15) is 59.8 Å². The molecular formula is C23H26N4OS. The summed E-state index contributed by atoms with van der Waals surface area (Å²) in [5.41, 5.74) is 5.12. The number of benzene rings is 2. The van der Waals surface area contributed by atoms with Crippen molar-refractivity contribution in [2.45, 2.75) is 38.0 Å². The standard InChI is InChI=1S/C23H26N4OS/c1-27(2)21-13-19-18(24-22(25-19)16-6-4-3-5-7-16)12-20(21)26-23(28)17-10-8-15(14-29)9-11-17/h8-14,16H,3-7H2,1-2H3,(H,24,25)(H,26,28). The Labute approximate surface area is 176 Å². The highest BCUT2D eigenvalue weighted by molar-refractivity contribution is 7.79. The van der Waals surface area contributed by atoms with E-state index in [1.54, 1.807) is 17.5 Å². The third-order valence-electron chi connectivity index (χ3n) is 5.65. The highest BCUT2D eigenvalue weighted by atomic mass is 32.1. The first-order valence-electron chi connectivity index (χ1n) is 10.1. The first-order valence-corrected chi connectivity index (χ1v) is 10.6. The first kappa shape index (κ1) is 19.6. The minimum Gasteiger partial charge on any atom is -0.376 e. The lowest BCUT2D eigenvalue weighted by atomic mass is 9.89. The number of carbonyl (C=O) groups is 1. The number of hydrogen-bond acceptors (Lipinski definition) is 4. The van der Waals surface area contributed by atoms with Crippen molar-refractivity contribution in [3.8, 4) is 0 Å². The van der Waals surface area contributed by atoms with Crippen LogP contribution < -0.4 is 10.2 Å². The van der Waals surface area contributed by atoms with E-state index in [1.165, 1.54) is 32.1 Å². The number of aromatic amines is 1. The number of imidazole rings is 1. The second kappa shape index (κ2) is 8.33. The number of H-pyrrole nitrogens is 1. The third kappa shape index (κ3) is 4.17. The quantitative estimate of drug-likeness (QED) is 0.566. The summed E-state index contributed by atoms with van der Waals surface area (Å²) < 4.78 is 0. The Morgan fingerprint density at radius 2 is 1.90 bits per heavy atom. The van der Waals surface area contributed by atoms with Gasteiger partial charge in [-0.1, -0.05) is 43.6 Å². The molecule has 2 N–H and O–H groups in total. The lowest BCUT2D eigenvalue weighted by Crippen LogP contribution is -2.16. The van der Waals surface area contributed by atoms with E-state index < -0.39 is 0 Å². The smallest absolute Gasteiger partial charge is 0.255 e. The fraction of sp³-hybridized carbons (Fsp3) is 0.348. The summed E-state index contributed by atoms with van der Waals surface area (Å²) in [6, 6.07) is 11.3. The summed E-state index contributed by atoms with van der Waals surface area (Å²) in [6.45, 7) is 0. The molecule has 0 atom stereocenters. The molecule has 1 fully saturated rings. The number of rotatable bonds is 5. The zero-order valence-electron chi connectivity index (χ0n) is 16.9. The average Bonchev–Trinajstić information content (AvgIpc) is 3.17. The van der Waals surface area contributed by atoms with E-state index in [9.17, 15) is 4.79 Å². The van der Waals surface area contributed by atoms with E-state index in [0.717, 1.165) is 33.8 Å². The summed E-state index contributed by atoms with van der Waals surface area (Å²) in [7, 11) is 3.94. The van der Waals surface area contributed by atoms with Crippen molar-refractivity contribution in [1.82, 2.24) is 9.97 Å². The van der Waals surface area contributed by atoms with E-state index in [0.29, 0.717) is 11.5 Å². The molecule has 0 bridgehead atoms. The van der Waals surface area contributed by atoms with Crippen molar-refractivity contribution in [2.75, 3.05) is 24.3 Å². The second-order valence-corrected chi connectivity index (χ2v) is 8.17. The van der Waals surface area contributed by atoms with Gasteiger partial charge in [-0.25, -0.2) is 4.98 Å². The minimum absolute atomic E-state index is 0.143. The molecule has 0 spiro atoms. The Hall–Kier alpha value is -2.73. The summed E-state index contributed by atoms with van der Waals surface area (Å²) in [5, 5.41) is 4.66. The highest BCUT2D eigenvalue weighted by Crippen LogP contribution is 2.35. The van der Waals surface area contributed by atoms with Gasteiger partial charge < -0.3 is 15.2 Å². The van der Waals surface area contributed by atoms with E-state index in [4.69, 9.17) is 17.2 Å². The normalized spacial score (nSPS) is 14.7. The summed E-state index contributed by atoms with van der Waals surface area (Å²) in [5.74, 6) is 1.44. The topological polar surface area (TPSA) is 61.0 Å². The van der Waals surface area contributed by atoms with E-state index in [2.05, 4.69) is 10.3 Å². The Morgan fingerprint density at radius 3 is 2.55 bits per heavy atom. The van der Waals surface area contributed by atoms with Gasteiger partial charge in [-0.3, -0.25) is 4.79 Å². The van der Waals surface area contributed by atoms with Gasteiger partial charge in [0.25, 0.3) is 5.91 Å². The number of anilines is 2. The largest absolute Gasteiger partial charge is 0.376 e. The molecule has 4 rings (SSSR count). The third-order valence-corrected chi connectivity index (χ3v) is 5.92. The van der Waals surface area contributed by atoms with E-state index in [1.807, 2.05) is 43.3 Å². The number of thiocarbonyl (C=S) groups is 1. The van der Waals surface area contributed by atoms with Gasteiger partial charge in [-0.15, -0.1) is 0 Å². The predicted octanol–water partition coefficient (Wildman–Crippen LogP) is 5.28. The summed E-state index contributed by atoms with van der Waals surface area (Å²) >= 11 is 4.93. The maximum Gasteiger partial charge on any atom is 0.255 e. The number of nitrogens with one attached hydrogen (secondary N) is 2. The molecule has 29 heavy (non-hydrogen) atoms. The average molecular weight is 407 g/mol. The SMILES string of the molecule is CN(C)c1cc2nc(C3CCCCC3)[nH]c2cc1NC(=O)c1ccc(C=S)cc1. The van der Waals surface area contributed by atoms with Crippen molar-refractivity contribution >= 4 is 45.9 Å². The summed E-state index contributed by atoms with van der Waals surface area (Å²) in [4.78, 5) is 23.2. The zero-order valence-corrected chi connectivity index (χ0v) is 17.7. The number of amides is 1. The molecular weight excluding hydrogens is 380 g/mol. The molecule has 0 unspecified atom stereocenters. The molecule has 150 valence electrons. The molecule has 1 saturated carbocycles. The van der Waals surface area contributed by atoms with Gasteiger partial charge in [0.2, 0.25) is 0 Å². The van der Waals surface area contributed by atoms with Crippen LogP contribution in [0.4, 0.5) is 11.4 Å². The fourth-order valence-electron chi connectivity index (χ4n) is 4.01. The highest BCUT2D eigenvalue weighted by Gasteiger charge is 2.20. The predicted molar refractivity (Wildman–Crippen MR) is 123 cm³/mol. The van der Waals surface area contributed by atoms with Gasteiger partial charge in [0.1, 0.15) is 5.82 Å². The number of aromatic nitrogens is 2. The monoisotopic (exact) mass is 406 g/mol. The van der Waals surface area contributed by atoms with Gasteiger partial charge in [0.15, 0.2) is 0 Å². The van der Waals surface area contributed by atoms with Crippen LogP contribution >= 0.6 is 12.2 Å². The van der Waals surface area contributed by atoms with Crippen molar-refractivity contribution < 1.29 is 4.79 Å². The molecule has 3 aromatic rings. The van der Waals surface area contributed by atoms with Crippen LogP contribution in [0.3, 0.4) is 0 Å². The van der Waals surface area contributed by atoms with Gasteiger partial charge in [-0.2, -0.15) is 0 Å². The lowest BCUT2D eigenvalue weighted by Gasteiger charge is -2.18. The Balaban J connectivity index is 1.65. The molecule has 6 heteroatoms. The van der Waals surface area contributed by atoms with Crippen LogP contribution in [-0.4, -0.2) is 35.3 Å². The molecule has 1 aromatic heterocycles. The Kier molecular flexibility index (Phi) is 5.62. The van der Waals surface area contributed by atoms with Crippen molar-refractivity contribution in [3.05, 3.63) is 53.3 Å². The number of fused-ring (bicyclic) bond motifs is 1. The molecule has 5 nitrogen and oxygen atoms in total. The zero-order chi connectivity index (χ0) is 20.4. The van der Waals surface area contributed by atoms with Crippen molar-refractivity contribution in [3.63, 3.8) is 0 Å². The first-order chi connectivity index (χ1) is 14.0. The molecule has 0 aliphatic heterocycles. The summed E-state index contributed by atoms with van der Waals surface area (Å²) in [6.07, 6.45) is 6.26. The van der Waals surface area contributed by atoms with Crippen molar-refractivity contribution in [2.24, 2.45) is 0 Å². The Bertz CT molecular complexity index is 1030. The minimum atomic E-state index is -0.143. The second-order valence-electron chi connectivity index (χ2n) is 7.93. The van der Waals surface area contributed by atoms with Crippen LogP contribution in [0.5, 0.6) is 0 Å². The number of nitrogens with zero attached hydrogens (tertiary/aromatic N) is 2. The van der Waals surface area contributed by atoms with E-state index in [-0.39, 0.29) is 5.91 Å². The van der Waals surface area contributed by atoms with Gasteiger partial charge in [0, 0.05) is 30.9 Å². The molecule has 1 aliphatic rings.